The molecule has 0 atom stereocenters. The number of carbonyl (C=O) groups excluding carboxylic acids is 2. The van der Waals surface area contributed by atoms with Crippen molar-refractivity contribution in [2.24, 2.45) is 0 Å². The molecule has 9 nitrogen and oxygen atoms in total. The molecule has 12 heteroatoms. The standard InChI is InChI=1S/C28H30Cl2N4O5S/c1-2-33(22-14-16-31-17-15-22)27(35)19-32-28(36)20-8-11-24(12-9-20)40(37,38)34(23-6-4-3-5-7-23)39-26-13-10-21(29)18-25(26)30/h3-13,18,22,31H,2,14-17,19H2,1H3,(H,32,36). The molecule has 212 valence electrons. The monoisotopic (exact) mass is 604 g/mol. The molecule has 4 rings (SSSR count). The van der Waals surface area contributed by atoms with E-state index in [0.717, 1.165) is 30.4 Å². The summed E-state index contributed by atoms with van der Waals surface area (Å²) in [6.45, 7) is 4.05. The molecule has 0 spiro atoms. The van der Waals surface area contributed by atoms with Gasteiger partial charge in [0.25, 0.3) is 15.9 Å². The lowest BCUT2D eigenvalue weighted by molar-refractivity contribution is -0.132. The van der Waals surface area contributed by atoms with Crippen molar-refractivity contribution in [1.82, 2.24) is 15.5 Å². The fourth-order valence-electron chi connectivity index (χ4n) is 4.42. The molecule has 1 fully saturated rings. The largest absolute Gasteiger partial charge is 0.363 e. The van der Waals surface area contributed by atoms with Gasteiger partial charge in [-0.15, -0.1) is 0 Å². The van der Waals surface area contributed by atoms with Crippen LogP contribution >= 0.6 is 23.2 Å². The highest BCUT2D eigenvalue weighted by Crippen LogP contribution is 2.32. The zero-order chi connectivity index (χ0) is 28.7. The molecule has 1 saturated heterocycles. The van der Waals surface area contributed by atoms with Gasteiger partial charge in [0.15, 0.2) is 5.75 Å². The first kappa shape index (κ1) is 29.7. The lowest BCUT2D eigenvalue weighted by Crippen LogP contribution is -2.49. The molecule has 0 aliphatic carbocycles. The number of amides is 2. The molecule has 1 heterocycles. The van der Waals surface area contributed by atoms with Crippen molar-refractivity contribution < 1.29 is 22.8 Å². The van der Waals surface area contributed by atoms with Crippen molar-refractivity contribution in [3.05, 3.63) is 88.4 Å². The second-order valence-corrected chi connectivity index (χ2v) is 11.7. The maximum absolute atomic E-state index is 13.6. The van der Waals surface area contributed by atoms with E-state index in [0.29, 0.717) is 11.6 Å². The number of hydrogen-bond acceptors (Lipinski definition) is 6. The van der Waals surface area contributed by atoms with Crippen LogP contribution in [-0.4, -0.2) is 57.4 Å². The van der Waals surface area contributed by atoms with Crippen molar-refractivity contribution in [1.29, 1.82) is 0 Å². The quantitative estimate of drug-likeness (QED) is 0.330. The maximum Gasteiger partial charge on any atom is 0.295 e. The molecule has 2 N–H and O–H groups in total. The third-order valence-corrected chi connectivity index (χ3v) is 8.61. The summed E-state index contributed by atoms with van der Waals surface area (Å²) in [5.74, 6) is -0.550. The number of rotatable bonds is 10. The lowest BCUT2D eigenvalue weighted by Gasteiger charge is -2.34. The van der Waals surface area contributed by atoms with Gasteiger partial charge in [-0.25, -0.2) is 0 Å². The maximum atomic E-state index is 13.6. The summed E-state index contributed by atoms with van der Waals surface area (Å²) in [7, 11) is -4.25. The number of piperidine rings is 1. The molecule has 0 bridgehead atoms. The van der Waals surface area contributed by atoms with Gasteiger partial charge in [-0.1, -0.05) is 45.9 Å². The van der Waals surface area contributed by atoms with Gasteiger partial charge in [0.1, 0.15) is 0 Å². The van der Waals surface area contributed by atoms with Gasteiger partial charge in [-0.05, 0) is 87.5 Å². The van der Waals surface area contributed by atoms with Crippen LogP contribution in [0.15, 0.2) is 77.7 Å². The number of carbonyl (C=O) groups is 2. The number of halogens is 2. The first-order chi connectivity index (χ1) is 19.2. The van der Waals surface area contributed by atoms with E-state index in [9.17, 15) is 18.0 Å². The SMILES string of the molecule is CCN(C(=O)CNC(=O)c1ccc(S(=O)(=O)N(Oc2ccc(Cl)cc2Cl)c2ccccc2)cc1)C1CCNCC1. The molecule has 3 aromatic rings. The topological polar surface area (TPSA) is 108 Å². The Balaban J connectivity index is 1.48. The van der Waals surface area contributed by atoms with E-state index >= 15 is 0 Å². The molecule has 0 unspecified atom stereocenters. The highest BCUT2D eigenvalue weighted by molar-refractivity contribution is 7.92. The number of anilines is 1. The summed E-state index contributed by atoms with van der Waals surface area (Å²) in [6.07, 6.45) is 1.74. The number of benzene rings is 3. The van der Waals surface area contributed by atoms with Crippen LogP contribution in [0.4, 0.5) is 5.69 Å². The van der Waals surface area contributed by atoms with Crippen molar-refractivity contribution >= 4 is 50.7 Å². The Morgan fingerprint density at radius 3 is 2.30 bits per heavy atom. The Kier molecular flexibility index (Phi) is 9.91. The highest BCUT2D eigenvalue weighted by atomic mass is 35.5. The van der Waals surface area contributed by atoms with Crippen LogP contribution < -0.4 is 19.9 Å². The minimum atomic E-state index is -4.25. The first-order valence-corrected chi connectivity index (χ1v) is 15.0. The van der Waals surface area contributed by atoms with Crippen molar-refractivity contribution in [3.8, 4) is 5.75 Å². The molecule has 0 radical (unpaired) electrons. The summed E-state index contributed by atoms with van der Waals surface area (Å²) in [5, 5.41) is 6.43. The molecule has 1 aliphatic heterocycles. The smallest absolute Gasteiger partial charge is 0.295 e. The van der Waals surface area contributed by atoms with Gasteiger partial charge < -0.3 is 20.4 Å². The second kappa shape index (κ2) is 13.4. The van der Waals surface area contributed by atoms with Crippen LogP contribution in [0.3, 0.4) is 0 Å². The number of likely N-dealkylation sites (N-methyl/N-ethyl adjacent to an activating group) is 1. The molecule has 1 aliphatic rings. The average Bonchev–Trinajstić information content (AvgIpc) is 2.97. The Morgan fingerprint density at radius 2 is 1.68 bits per heavy atom. The summed E-state index contributed by atoms with van der Waals surface area (Å²) in [4.78, 5) is 33.0. The first-order valence-electron chi connectivity index (χ1n) is 12.8. The second-order valence-electron chi connectivity index (χ2n) is 9.10. The van der Waals surface area contributed by atoms with Crippen LogP contribution in [0.1, 0.15) is 30.1 Å². The van der Waals surface area contributed by atoms with Crippen molar-refractivity contribution in [3.63, 3.8) is 0 Å². The summed E-state index contributed by atoms with van der Waals surface area (Å²) >= 11 is 12.2. The third-order valence-electron chi connectivity index (χ3n) is 6.49. The Hall–Kier alpha value is -3.31. The van der Waals surface area contributed by atoms with Gasteiger partial charge in [-0.2, -0.15) is 8.42 Å². The molecular weight excluding hydrogens is 575 g/mol. The van der Waals surface area contributed by atoms with Crippen LogP contribution in [0.5, 0.6) is 5.75 Å². The van der Waals surface area contributed by atoms with Gasteiger partial charge in [0.05, 0.1) is 22.2 Å². The van der Waals surface area contributed by atoms with Gasteiger partial charge in [-0.3, -0.25) is 9.59 Å². The summed E-state index contributed by atoms with van der Waals surface area (Å²) < 4.78 is 28.1. The molecule has 40 heavy (non-hydrogen) atoms. The number of hydrogen-bond donors (Lipinski definition) is 2. The molecule has 0 aromatic heterocycles. The Bertz CT molecular complexity index is 1430. The summed E-state index contributed by atoms with van der Waals surface area (Å²) in [6, 6.07) is 18.2. The predicted molar refractivity (Wildman–Crippen MR) is 155 cm³/mol. The summed E-state index contributed by atoms with van der Waals surface area (Å²) in [5.41, 5.74) is 0.452. The minimum Gasteiger partial charge on any atom is -0.363 e. The number of sulfonamides is 1. The van der Waals surface area contributed by atoms with Crippen LogP contribution in [0.25, 0.3) is 0 Å². The van der Waals surface area contributed by atoms with E-state index in [1.54, 1.807) is 35.2 Å². The van der Waals surface area contributed by atoms with Gasteiger partial charge in [0.2, 0.25) is 5.91 Å². The lowest BCUT2D eigenvalue weighted by atomic mass is 10.0. The predicted octanol–water partition coefficient (Wildman–Crippen LogP) is 4.51. The number of nitrogens with one attached hydrogen (secondary N) is 2. The number of para-hydroxylation sites is 1. The van der Waals surface area contributed by atoms with E-state index in [1.165, 1.54) is 42.5 Å². The van der Waals surface area contributed by atoms with Crippen LogP contribution in [-0.2, 0) is 14.8 Å². The zero-order valence-electron chi connectivity index (χ0n) is 21.8. The number of nitrogens with zero attached hydrogens (tertiary/aromatic N) is 2. The molecular formula is C28H30Cl2N4O5S. The van der Waals surface area contributed by atoms with Crippen LogP contribution in [0, 0.1) is 0 Å². The fourth-order valence-corrected chi connectivity index (χ4v) is 6.11. The Morgan fingerprint density at radius 1 is 1.00 bits per heavy atom. The highest BCUT2D eigenvalue weighted by Gasteiger charge is 2.29. The van der Waals surface area contributed by atoms with Crippen molar-refractivity contribution in [2.75, 3.05) is 30.6 Å². The minimum absolute atomic E-state index is 0.0878. The average molecular weight is 606 g/mol. The fraction of sp³-hybridized carbons (Fsp3) is 0.286. The van der Waals surface area contributed by atoms with E-state index in [-0.39, 0.29) is 45.4 Å². The van der Waals surface area contributed by atoms with E-state index < -0.39 is 15.9 Å². The Labute approximate surface area is 244 Å². The van der Waals surface area contributed by atoms with Crippen molar-refractivity contribution in [2.45, 2.75) is 30.7 Å². The van der Waals surface area contributed by atoms with Gasteiger partial charge >= 0.3 is 0 Å². The molecule has 2 amide bonds. The van der Waals surface area contributed by atoms with Gasteiger partial charge in [0, 0.05) is 23.2 Å². The normalized spacial score (nSPS) is 13.9. The third kappa shape index (κ3) is 7.06. The molecule has 3 aromatic carbocycles. The van der Waals surface area contributed by atoms with E-state index in [1.807, 2.05) is 6.92 Å². The zero-order valence-corrected chi connectivity index (χ0v) is 24.2. The van der Waals surface area contributed by atoms with E-state index in [4.69, 9.17) is 28.0 Å². The molecule has 0 saturated carbocycles. The van der Waals surface area contributed by atoms with E-state index in [2.05, 4.69) is 10.6 Å². The van der Waals surface area contributed by atoms with Crippen LogP contribution in [0.2, 0.25) is 10.0 Å².